The summed E-state index contributed by atoms with van der Waals surface area (Å²) in [5.74, 6) is -0.0305. The molecular weight excluding hydrogens is 649 g/mol. The van der Waals surface area contributed by atoms with Crippen LogP contribution in [-0.4, -0.2) is 37.4 Å². The summed E-state index contributed by atoms with van der Waals surface area (Å²) in [6.07, 6.45) is 46.4. The van der Waals surface area contributed by atoms with Gasteiger partial charge in [-0.2, -0.15) is 0 Å². The van der Waals surface area contributed by atoms with Crippen molar-refractivity contribution in [1.82, 2.24) is 0 Å². The van der Waals surface area contributed by atoms with Crippen molar-refractivity contribution in [3.05, 3.63) is 29.8 Å². The molecule has 0 atom stereocenters. The average molecular weight is 729 g/mol. The number of benzene rings is 1. The summed E-state index contributed by atoms with van der Waals surface area (Å²) in [7, 11) is 1.50. The fourth-order valence-corrected chi connectivity index (χ4v) is 6.91. The van der Waals surface area contributed by atoms with E-state index in [0.29, 0.717) is 19.0 Å². The monoisotopic (exact) mass is 729 g/mol. The summed E-state index contributed by atoms with van der Waals surface area (Å²) in [6.45, 7) is 2.55. The molecule has 6 heteroatoms. The molecule has 0 aliphatic rings. The van der Waals surface area contributed by atoms with Crippen LogP contribution in [0.25, 0.3) is 6.08 Å². The Kier molecular flexibility index (Phi) is 33.7. The van der Waals surface area contributed by atoms with Gasteiger partial charge in [-0.15, -0.1) is 0 Å². The van der Waals surface area contributed by atoms with Crippen LogP contribution in [0.1, 0.15) is 218 Å². The minimum absolute atomic E-state index is 0.0787. The summed E-state index contributed by atoms with van der Waals surface area (Å²) >= 11 is 0. The molecule has 1 aromatic rings. The van der Waals surface area contributed by atoms with Crippen molar-refractivity contribution in [2.24, 2.45) is 0 Å². The van der Waals surface area contributed by atoms with Gasteiger partial charge in [-0.05, 0) is 36.6 Å². The van der Waals surface area contributed by atoms with Gasteiger partial charge in [-0.1, -0.05) is 199 Å². The predicted octanol–water partition coefficient (Wildman–Crippen LogP) is 14.0. The average Bonchev–Trinajstić information content (AvgIpc) is 3.14. The highest BCUT2D eigenvalue weighted by molar-refractivity contribution is 5.87. The lowest BCUT2D eigenvalue weighted by Gasteiger charge is -2.05. The van der Waals surface area contributed by atoms with Gasteiger partial charge in [0.1, 0.15) is 0 Å². The second kappa shape index (κ2) is 36.8. The SMILES string of the molecule is COc1cc(C=CC(=O)OCCCCCCCCCCCCCCCCCCCCCCCCCCCCCCCCCCOC(C)=O)ccc1O. The molecule has 0 amide bonds. The number of carbonyl (C=O) groups excluding carboxylic acids is 2. The van der Waals surface area contributed by atoms with Crippen molar-refractivity contribution < 1.29 is 28.9 Å². The van der Waals surface area contributed by atoms with E-state index in [9.17, 15) is 14.7 Å². The first-order valence-electron chi connectivity index (χ1n) is 21.9. The summed E-state index contributed by atoms with van der Waals surface area (Å²) in [6, 6.07) is 4.95. The largest absolute Gasteiger partial charge is 0.504 e. The summed E-state index contributed by atoms with van der Waals surface area (Å²) in [5.41, 5.74) is 0.776. The molecule has 0 saturated carbocycles. The van der Waals surface area contributed by atoms with Crippen LogP contribution in [0.4, 0.5) is 0 Å². The molecule has 0 fully saturated rings. The number of phenolic OH excluding ortho intramolecular Hbond substituents is 1. The third-order valence-electron chi connectivity index (χ3n) is 10.2. The first-order valence-corrected chi connectivity index (χ1v) is 21.9. The second-order valence-corrected chi connectivity index (χ2v) is 15.1. The van der Waals surface area contributed by atoms with Gasteiger partial charge in [0.25, 0.3) is 0 Å². The molecule has 0 bridgehead atoms. The fraction of sp³-hybridized carbons (Fsp3) is 0.783. The van der Waals surface area contributed by atoms with E-state index in [1.807, 2.05) is 0 Å². The Labute approximate surface area is 320 Å². The van der Waals surface area contributed by atoms with Crippen molar-refractivity contribution >= 4 is 18.0 Å². The number of hydrogen-bond acceptors (Lipinski definition) is 6. The van der Waals surface area contributed by atoms with Crippen molar-refractivity contribution in [3.8, 4) is 11.5 Å². The number of carbonyl (C=O) groups is 2. The molecule has 0 spiro atoms. The van der Waals surface area contributed by atoms with Crippen LogP contribution < -0.4 is 4.74 Å². The molecule has 0 aromatic heterocycles. The molecule has 0 unspecified atom stereocenters. The maximum Gasteiger partial charge on any atom is 0.330 e. The van der Waals surface area contributed by atoms with Gasteiger partial charge in [0.05, 0.1) is 20.3 Å². The van der Waals surface area contributed by atoms with Gasteiger partial charge < -0.3 is 19.3 Å². The minimum Gasteiger partial charge on any atom is -0.504 e. The molecule has 0 aliphatic heterocycles. The molecule has 0 saturated heterocycles. The number of methoxy groups -OCH3 is 1. The molecule has 52 heavy (non-hydrogen) atoms. The Balaban J connectivity index is 1.69. The topological polar surface area (TPSA) is 82.1 Å². The van der Waals surface area contributed by atoms with E-state index >= 15 is 0 Å². The predicted molar refractivity (Wildman–Crippen MR) is 219 cm³/mol. The third-order valence-corrected chi connectivity index (χ3v) is 10.2. The fourth-order valence-electron chi connectivity index (χ4n) is 6.91. The number of esters is 2. The standard InChI is InChI=1S/C46H80O6/c1-42(47)51-39-33-31-29-27-25-23-21-19-17-15-13-11-9-7-5-3-4-6-8-10-12-14-16-18-20-22-24-26-28-30-32-34-40-52-46(49)38-36-43-35-37-44(48)45(41-43)50-2/h35-38,41,48H,3-34,39-40H2,1-2H3. The summed E-state index contributed by atoms with van der Waals surface area (Å²) in [5, 5.41) is 9.65. The van der Waals surface area contributed by atoms with Crippen LogP contribution in [0.5, 0.6) is 11.5 Å². The molecule has 0 aliphatic carbocycles. The lowest BCUT2D eigenvalue weighted by Crippen LogP contribution is -2.02. The molecular formula is C46H80O6. The van der Waals surface area contributed by atoms with E-state index in [-0.39, 0.29) is 17.7 Å². The Hall–Kier alpha value is -2.50. The molecule has 0 heterocycles. The Bertz CT molecular complexity index is 989. The Morgan fingerprint density at radius 1 is 0.500 bits per heavy atom. The molecule has 300 valence electrons. The van der Waals surface area contributed by atoms with Gasteiger partial charge in [0.15, 0.2) is 11.5 Å². The first kappa shape index (κ1) is 47.5. The summed E-state index contributed by atoms with van der Waals surface area (Å²) in [4.78, 5) is 22.7. The first-order chi connectivity index (χ1) is 25.5. The van der Waals surface area contributed by atoms with Gasteiger partial charge in [0.2, 0.25) is 0 Å². The van der Waals surface area contributed by atoms with E-state index < -0.39 is 0 Å². The van der Waals surface area contributed by atoms with E-state index in [1.54, 1.807) is 24.3 Å². The summed E-state index contributed by atoms with van der Waals surface area (Å²) < 4.78 is 15.4. The highest BCUT2D eigenvalue weighted by Gasteiger charge is 2.03. The second-order valence-electron chi connectivity index (χ2n) is 15.1. The van der Waals surface area contributed by atoms with Crippen molar-refractivity contribution in [3.63, 3.8) is 0 Å². The molecule has 1 rings (SSSR count). The van der Waals surface area contributed by atoms with Crippen LogP contribution in [0.2, 0.25) is 0 Å². The number of aromatic hydroxyl groups is 1. The lowest BCUT2D eigenvalue weighted by molar-refractivity contribution is -0.141. The smallest absolute Gasteiger partial charge is 0.330 e. The zero-order valence-corrected chi connectivity index (χ0v) is 33.9. The van der Waals surface area contributed by atoms with Gasteiger partial charge >= 0.3 is 11.9 Å². The van der Waals surface area contributed by atoms with Crippen molar-refractivity contribution in [1.29, 1.82) is 0 Å². The van der Waals surface area contributed by atoms with Gasteiger partial charge in [-0.25, -0.2) is 4.79 Å². The minimum atomic E-state index is -0.335. The lowest BCUT2D eigenvalue weighted by atomic mass is 10.0. The Morgan fingerprint density at radius 3 is 1.12 bits per heavy atom. The van der Waals surface area contributed by atoms with Crippen LogP contribution >= 0.6 is 0 Å². The maximum absolute atomic E-state index is 11.9. The third kappa shape index (κ3) is 32.2. The van der Waals surface area contributed by atoms with Crippen molar-refractivity contribution in [2.45, 2.75) is 212 Å². The van der Waals surface area contributed by atoms with Gasteiger partial charge in [-0.3, -0.25) is 4.79 Å². The zero-order valence-electron chi connectivity index (χ0n) is 33.9. The van der Waals surface area contributed by atoms with Crippen LogP contribution in [-0.2, 0) is 19.1 Å². The maximum atomic E-state index is 11.9. The van der Waals surface area contributed by atoms with Crippen LogP contribution in [0.15, 0.2) is 24.3 Å². The normalized spacial score (nSPS) is 11.3. The van der Waals surface area contributed by atoms with Crippen LogP contribution in [0, 0.1) is 0 Å². The van der Waals surface area contributed by atoms with Crippen molar-refractivity contribution in [2.75, 3.05) is 20.3 Å². The van der Waals surface area contributed by atoms with Gasteiger partial charge in [0, 0.05) is 13.0 Å². The molecule has 1 N–H and O–H groups in total. The van der Waals surface area contributed by atoms with E-state index in [1.165, 1.54) is 206 Å². The highest BCUT2D eigenvalue weighted by Crippen LogP contribution is 2.26. The number of hydrogen-bond donors (Lipinski definition) is 1. The highest BCUT2D eigenvalue weighted by atomic mass is 16.5. The van der Waals surface area contributed by atoms with E-state index in [0.717, 1.165) is 24.8 Å². The molecule has 0 radical (unpaired) electrons. The molecule has 6 nitrogen and oxygen atoms in total. The Morgan fingerprint density at radius 2 is 0.808 bits per heavy atom. The molecule has 1 aromatic carbocycles. The van der Waals surface area contributed by atoms with E-state index in [2.05, 4.69) is 0 Å². The zero-order chi connectivity index (χ0) is 37.6. The van der Waals surface area contributed by atoms with E-state index in [4.69, 9.17) is 14.2 Å². The number of rotatable bonds is 38. The number of unbranched alkanes of at least 4 members (excludes halogenated alkanes) is 31. The quantitative estimate of drug-likeness (QED) is 0.0415. The number of phenols is 1. The van der Waals surface area contributed by atoms with Crippen LogP contribution in [0.3, 0.4) is 0 Å². The number of ether oxygens (including phenoxy) is 3.